The van der Waals surface area contributed by atoms with Gasteiger partial charge < -0.3 is 9.64 Å². The lowest BCUT2D eigenvalue weighted by molar-refractivity contribution is -0.116. The molecule has 0 N–H and O–H groups in total. The van der Waals surface area contributed by atoms with E-state index in [0.717, 1.165) is 33.0 Å². The van der Waals surface area contributed by atoms with Crippen molar-refractivity contribution in [2.45, 2.75) is 11.8 Å². The Morgan fingerprint density at radius 3 is 2.55 bits per heavy atom. The van der Waals surface area contributed by atoms with Crippen molar-refractivity contribution in [2.75, 3.05) is 44.9 Å². The van der Waals surface area contributed by atoms with Gasteiger partial charge in [0.1, 0.15) is 5.75 Å². The van der Waals surface area contributed by atoms with Crippen LogP contribution in [0.4, 0.5) is 5.13 Å². The number of methoxy groups -OCH3 is 1. The fourth-order valence-electron chi connectivity index (χ4n) is 2.73. The molecule has 3 aromatic rings. The molecule has 2 aromatic carbocycles. The molecule has 0 aliphatic rings. The second-order valence-electron chi connectivity index (χ2n) is 6.83. The van der Waals surface area contributed by atoms with Gasteiger partial charge in [0.25, 0.3) is 0 Å². The van der Waals surface area contributed by atoms with Crippen molar-refractivity contribution in [3.63, 3.8) is 0 Å². The summed E-state index contributed by atoms with van der Waals surface area (Å²) < 4.78 is 6.22. The Hall–Kier alpha value is -1.80. The molecule has 0 aliphatic heterocycles. The van der Waals surface area contributed by atoms with E-state index >= 15 is 0 Å². The second-order valence-corrected chi connectivity index (χ2v) is 9.29. The molecule has 0 spiro atoms. The van der Waals surface area contributed by atoms with Crippen molar-refractivity contribution >= 4 is 56.0 Å². The Labute approximate surface area is 184 Å². The average molecular weight is 450 g/mol. The predicted molar refractivity (Wildman–Crippen MR) is 124 cm³/mol. The number of likely N-dealkylation sites (N-methyl/N-ethyl adjacent to an activating group) is 1. The zero-order valence-corrected chi connectivity index (χ0v) is 19.3. The maximum atomic E-state index is 13.1. The number of nitrogens with zero attached hydrogens (tertiary/aromatic N) is 3. The van der Waals surface area contributed by atoms with Gasteiger partial charge in [0.15, 0.2) is 5.13 Å². The summed E-state index contributed by atoms with van der Waals surface area (Å²) in [5.74, 6) is 1.18. The summed E-state index contributed by atoms with van der Waals surface area (Å²) in [6.45, 7) is 3.30. The van der Waals surface area contributed by atoms with Crippen LogP contribution in [0.25, 0.3) is 10.2 Å². The number of aromatic nitrogens is 1. The number of fused-ring (bicyclic) bond motifs is 1. The van der Waals surface area contributed by atoms with Gasteiger partial charge in [-0.1, -0.05) is 22.9 Å². The highest BCUT2D eigenvalue weighted by atomic mass is 35.5. The molecule has 8 heteroatoms. The predicted octanol–water partition coefficient (Wildman–Crippen LogP) is 4.95. The Kier molecular flexibility index (Phi) is 7.40. The highest BCUT2D eigenvalue weighted by Gasteiger charge is 2.21. The molecule has 1 aromatic heterocycles. The van der Waals surface area contributed by atoms with Crippen molar-refractivity contribution in [1.82, 2.24) is 9.88 Å². The molecule has 0 radical (unpaired) electrons. The number of hydrogen-bond donors (Lipinski definition) is 0. The molecule has 0 unspecified atom stereocenters. The van der Waals surface area contributed by atoms with Crippen LogP contribution in [0.5, 0.6) is 5.75 Å². The first-order valence-corrected chi connectivity index (χ1v) is 11.3. The monoisotopic (exact) mass is 449 g/mol. The Morgan fingerprint density at radius 2 is 1.90 bits per heavy atom. The third-order valence-corrected chi connectivity index (χ3v) is 6.91. The summed E-state index contributed by atoms with van der Waals surface area (Å²) in [6, 6.07) is 11.6. The molecule has 0 saturated carbocycles. The molecular formula is C21H24ClN3O2S2. The largest absolute Gasteiger partial charge is 0.497 e. The molecule has 0 atom stereocenters. The molecular weight excluding hydrogens is 426 g/mol. The van der Waals surface area contributed by atoms with Gasteiger partial charge >= 0.3 is 0 Å². The Morgan fingerprint density at radius 1 is 1.17 bits per heavy atom. The van der Waals surface area contributed by atoms with Crippen LogP contribution in [0.15, 0.2) is 41.3 Å². The van der Waals surface area contributed by atoms with Gasteiger partial charge in [-0.15, -0.1) is 11.8 Å². The molecule has 154 valence electrons. The fourth-order valence-corrected chi connectivity index (χ4v) is 4.72. The van der Waals surface area contributed by atoms with E-state index in [0.29, 0.717) is 22.5 Å². The molecule has 3 rings (SSSR count). The minimum atomic E-state index is 0.0375. The quantitative estimate of drug-likeness (QED) is 0.455. The van der Waals surface area contributed by atoms with Gasteiger partial charge in [-0.25, -0.2) is 4.98 Å². The number of amides is 1. The third-order valence-electron chi connectivity index (χ3n) is 4.46. The SMILES string of the molecule is COc1ccc(SCC(=O)N(CCN(C)C)c2nc3c(C)c(Cl)ccc3s2)cc1. The van der Waals surface area contributed by atoms with Crippen LogP contribution in [0.1, 0.15) is 5.56 Å². The topological polar surface area (TPSA) is 45.7 Å². The van der Waals surface area contributed by atoms with Crippen LogP contribution >= 0.6 is 34.7 Å². The van der Waals surface area contributed by atoms with Crippen molar-refractivity contribution in [1.29, 1.82) is 0 Å². The van der Waals surface area contributed by atoms with Gasteiger partial charge in [-0.2, -0.15) is 0 Å². The highest BCUT2D eigenvalue weighted by molar-refractivity contribution is 8.00. The summed E-state index contributed by atoms with van der Waals surface area (Å²) >= 11 is 9.28. The number of carbonyl (C=O) groups is 1. The third kappa shape index (κ3) is 5.42. The van der Waals surface area contributed by atoms with Gasteiger partial charge in [0, 0.05) is 23.0 Å². The number of thiazole rings is 1. The molecule has 1 heterocycles. The summed E-state index contributed by atoms with van der Waals surface area (Å²) in [5.41, 5.74) is 1.81. The minimum absolute atomic E-state index is 0.0375. The number of anilines is 1. The van der Waals surface area contributed by atoms with E-state index in [1.807, 2.05) is 57.4 Å². The molecule has 29 heavy (non-hydrogen) atoms. The minimum Gasteiger partial charge on any atom is -0.497 e. The number of rotatable bonds is 8. The van der Waals surface area contributed by atoms with E-state index in [1.54, 1.807) is 12.0 Å². The molecule has 0 saturated heterocycles. The first kappa shape index (κ1) is 21.9. The zero-order chi connectivity index (χ0) is 21.0. The standard InChI is InChI=1S/C21H24ClN3O2S2/c1-14-17(22)9-10-18-20(14)23-21(29-18)25(12-11-24(2)3)19(26)13-28-16-7-5-15(27-4)6-8-16/h5-10H,11-13H2,1-4H3. The van der Waals surface area contributed by atoms with Crippen LogP contribution in [-0.4, -0.2) is 55.8 Å². The summed E-state index contributed by atoms with van der Waals surface area (Å²) in [7, 11) is 5.63. The molecule has 0 aliphatic carbocycles. The van der Waals surface area contributed by atoms with E-state index in [-0.39, 0.29) is 5.91 Å². The van der Waals surface area contributed by atoms with Crippen molar-refractivity contribution < 1.29 is 9.53 Å². The van der Waals surface area contributed by atoms with Gasteiger partial charge in [-0.3, -0.25) is 9.69 Å². The number of ether oxygens (including phenoxy) is 1. The van der Waals surface area contributed by atoms with Crippen molar-refractivity contribution in [2.24, 2.45) is 0 Å². The molecule has 1 amide bonds. The normalized spacial score (nSPS) is 11.2. The van der Waals surface area contributed by atoms with Crippen LogP contribution in [0.3, 0.4) is 0 Å². The number of aryl methyl sites for hydroxylation is 1. The maximum absolute atomic E-state index is 13.1. The smallest absolute Gasteiger partial charge is 0.239 e. The van der Waals surface area contributed by atoms with Gasteiger partial charge in [0.2, 0.25) is 5.91 Å². The summed E-state index contributed by atoms with van der Waals surface area (Å²) in [4.78, 5) is 22.7. The number of hydrogen-bond acceptors (Lipinski definition) is 6. The summed E-state index contributed by atoms with van der Waals surface area (Å²) in [6.07, 6.45) is 0. The average Bonchev–Trinajstić information content (AvgIpc) is 3.14. The first-order valence-electron chi connectivity index (χ1n) is 9.16. The highest BCUT2D eigenvalue weighted by Crippen LogP contribution is 2.34. The lowest BCUT2D eigenvalue weighted by Gasteiger charge is -2.21. The van der Waals surface area contributed by atoms with Gasteiger partial charge in [0.05, 0.1) is 23.1 Å². The van der Waals surface area contributed by atoms with E-state index in [9.17, 15) is 4.79 Å². The van der Waals surface area contributed by atoms with E-state index in [1.165, 1.54) is 23.1 Å². The number of thioether (sulfide) groups is 1. The second kappa shape index (κ2) is 9.80. The van der Waals surface area contributed by atoms with Gasteiger partial charge in [-0.05, 0) is 63.0 Å². The first-order chi connectivity index (χ1) is 13.9. The zero-order valence-electron chi connectivity index (χ0n) is 16.9. The fraction of sp³-hybridized carbons (Fsp3) is 0.333. The number of carbonyl (C=O) groups excluding carboxylic acids is 1. The molecule has 5 nitrogen and oxygen atoms in total. The number of benzene rings is 2. The Bertz CT molecular complexity index is 990. The van der Waals surface area contributed by atoms with E-state index in [2.05, 4.69) is 4.90 Å². The van der Waals surface area contributed by atoms with Crippen LogP contribution < -0.4 is 9.64 Å². The Balaban J connectivity index is 1.80. The van der Waals surface area contributed by atoms with Crippen LogP contribution in [-0.2, 0) is 4.79 Å². The van der Waals surface area contributed by atoms with Crippen molar-refractivity contribution in [3.8, 4) is 5.75 Å². The van der Waals surface area contributed by atoms with Crippen LogP contribution in [0.2, 0.25) is 5.02 Å². The maximum Gasteiger partial charge on any atom is 0.239 e. The van der Waals surface area contributed by atoms with Crippen molar-refractivity contribution in [3.05, 3.63) is 47.0 Å². The summed E-state index contributed by atoms with van der Waals surface area (Å²) in [5, 5.41) is 1.41. The molecule has 0 fully saturated rings. The molecule has 0 bridgehead atoms. The lowest BCUT2D eigenvalue weighted by atomic mass is 10.2. The van der Waals surface area contributed by atoms with E-state index in [4.69, 9.17) is 21.3 Å². The number of halogens is 1. The lowest BCUT2D eigenvalue weighted by Crippen LogP contribution is -2.37. The van der Waals surface area contributed by atoms with E-state index < -0.39 is 0 Å². The van der Waals surface area contributed by atoms with Crippen LogP contribution in [0, 0.1) is 6.92 Å².